The van der Waals surface area contributed by atoms with Crippen LogP contribution in [0.3, 0.4) is 0 Å². The highest BCUT2D eigenvalue weighted by Gasteiger charge is 2.32. The molecule has 0 atom stereocenters. The molecule has 0 bridgehead atoms. The van der Waals surface area contributed by atoms with Crippen molar-refractivity contribution in [3.63, 3.8) is 0 Å². The fourth-order valence-electron chi connectivity index (χ4n) is 2.67. The minimum absolute atomic E-state index is 0.451. The molecule has 18 heavy (non-hydrogen) atoms. The van der Waals surface area contributed by atoms with Crippen molar-refractivity contribution < 1.29 is 4.52 Å². The number of rotatable bonds is 4. The van der Waals surface area contributed by atoms with E-state index in [0.717, 1.165) is 24.6 Å². The van der Waals surface area contributed by atoms with E-state index in [1.165, 1.54) is 25.7 Å². The van der Waals surface area contributed by atoms with Crippen LogP contribution >= 0.6 is 0 Å². The van der Waals surface area contributed by atoms with Crippen LogP contribution in [0, 0.1) is 5.92 Å². The molecule has 1 heterocycles. The van der Waals surface area contributed by atoms with Gasteiger partial charge in [-0.15, -0.1) is 0 Å². The molecule has 0 radical (unpaired) electrons. The first-order valence-electron chi connectivity index (χ1n) is 7.22. The summed E-state index contributed by atoms with van der Waals surface area (Å²) >= 11 is 0. The van der Waals surface area contributed by atoms with Crippen LogP contribution in [0.25, 0.3) is 0 Å². The van der Waals surface area contributed by atoms with Crippen molar-refractivity contribution in [3.05, 3.63) is 11.7 Å². The predicted molar refractivity (Wildman–Crippen MR) is 71.1 cm³/mol. The van der Waals surface area contributed by atoms with E-state index in [1.54, 1.807) is 0 Å². The summed E-state index contributed by atoms with van der Waals surface area (Å²) in [5, 5.41) is 4.16. The molecule has 4 nitrogen and oxygen atoms in total. The molecule has 1 saturated carbocycles. The monoisotopic (exact) mass is 251 g/mol. The van der Waals surface area contributed by atoms with Crippen molar-refractivity contribution in [1.82, 2.24) is 10.1 Å². The van der Waals surface area contributed by atoms with Crippen LogP contribution in [0.1, 0.15) is 76.9 Å². The van der Waals surface area contributed by atoms with Gasteiger partial charge in [0.25, 0.3) is 0 Å². The Hall–Kier alpha value is -0.900. The lowest BCUT2D eigenvalue weighted by molar-refractivity contribution is 0.264. The molecule has 2 N–H and O–H groups in total. The molecule has 0 spiro atoms. The highest BCUT2D eigenvalue weighted by atomic mass is 16.5. The molecule has 1 aliphatic carbocycles. The first-order chi connectivity index (χ1) is 8.59. The lowest BCUT2D eigenvalue weighted by atomic mass is 9.82. The summed E-state index contributed by atoms with van der Waals surface area (Å²) in [6.45, 7) is 6.45. The van der Waals surface area contributed by atoms with Gasteiger partial charge in [-0.2, -0.15) is 4.98 Å². The average Bonchev–Trinajstić information content (AvgIpc) is 2.89. The molecule has 102 valence electrons. The van der Waals surface area contributed by atoms with Gasteiger partial charge in [-0.25, -0.2) is 0 Å². The molecule has 1 aromatic heterocycles. The standard InChI is InChI=1S/C14H25N3O/c1-4-14(15,5-2)13-16-12(17-18-13)11-8-6-10(3)7-9-11/h10-11H,4-9,15H2,1-3H3. The molecule has 1 aliphatic rings. The van der Waals surface area contributed by atoms with Gasteiger partial charge in [0.15, 0.2) is 5.82 Å². The van der Waals surface area contributed by atoms with Crippen LogP contribution in [0.2, 0.25) is 0 Å². The Morgan fingerprint density at radius 3 is 2.39 bits per heavy atom. The van der Waals surface area contributed by atoms with Crippen LogP contribution in [-0.2, 0) is 5.54 Å². The van der Waals surface area contributed by atoms with Gasteiger partial charge in [-0.1, -0.05) is 38.8 Å². The van der Waals surface area contributed by atoms with Gasteiger partial charge < -0.3 is 10.3 Å². The Bertz CT molecular complexity index is 376. The van der Waals surface area contributed by atoms with Crippen LogP contribution in [0.5, 0.6) is 0 Å². The van der Waals surface area contributed by atoms with Crippen LogP contribution in [0.15, 0.2) is 4.52 Å². The van der Waals surface area contributed by atoms with Gasteiger partial charge in [0.2, 0.25) is 5.89 Å². The van der Waals surface area contributed by atoms with E-state index in [4.69, 9.17) is 10.3 Å². The average molecular weight is 251 g/mol. The number of hydrogen-bond donors (Lipinski definition) is 1. The van der Waals surface area contributed by atoms with E-state index in [1.807, 2.05) is 0 Å². The largest absolute Gasteiger partial charge is 0.337 e. The molecule has 1 fully saturated rings. The predicted octanol–water partition coefficient (Wildman–Crippen LogP) is 3.34. The Balaban J connectivity index is 2.10. The van der Waals surface area contributed by atoms with Gasteiger partial charge in [-0.3, -0.25) is 0 Å². The smallest absolute Gasteiger partial charge is 0.246 e. The van der Waals surface area contributed by atoms with E-state index in [-0.39, 0.29) is 0 Å². The third-order valence-electron chi connectivity index (χ3n) is 4.51. The summed E-state index contributed by atoms with van der Waals surface area (Å²) in [5.41, 5.74) is 5.84. The summed E-state index contributed by atoms with van der Waals surface area (Å²) in [7, 11) is 0. The zero-order valence-electron chi connectivity index (χ0n) is 11.8. The minimum Gasteiger partial charge on any atom is -0.337 e. The summed E-state index contributed by atoms with van der Waals surface area (Å²) in [4.78, 5) is 4.57. The third-order valence-corrected chi connectivity index (χ3v) is 4.51. The van der Waals surface area contributed by atoms with Gasteiger partial charge in [0, 0.05) is 5.92 Å². The van der Waals surface area contributed by atoms with Crippen molar-refractivity contribution in [1.29, 1.82) is 0 Å². The Morgan fingerprint density at radius 1 is 1.22 bits per heavy atom. The lowest BCUT2D eigenvalue weighted by Crippen LogP contribution is -2.35. The summed E-state index contributed by atoms with van der Waals surface area (Å²) in [6, 6.07) is 0. The molecule has 4 heteroatoms. The number of nitrogens with two attached hydrogens (primary N) is 1. The molecule has 1 aromatic rings. The topological polar surface area (TPSA) is 64.9 Å². The molecule has 0 aromatic carbocycles. The maximum absolute atomic E-state index is 6.29. The molecule has 0 saturated heterocycles. The first kappa shape index (κ1) is 13.5. The third kappa shape index (κ3) is 2.58. The lowest BCUT2D eigenvalue weighted by Gasteiger charge is -2.24. The Morgan fingerprint density at radius 2 is 1.83 bits per heavy atom. The normalized spacial score (nSPS) is 25.3. The van der Waals surface area contributed by atoms with Crippen LogP contribution in [0.4, 0.5) is 0 Å². The maximum Gasteiger partial charge on any atom is 0.246 e. The summed E-state index contributed by atoms with van der Waals surface area (Å²) in [6.07, 6.45) is 6.54. The SMILES string of the molecule is CCC(N)(CC)c1nc(C2CCC(C)CC2)no1. The second-order valence-corrected chi connectivity index (χ2v) is 5.78. The molecule has 0 aliphatic heterocycles. The van der Waals surface area contributed by atoms with E-state index in [2.05, 4.69) is 30.9 Å². The van der Waals surface area contributed by atoms with Gasteiger partial charge in [0.05, 0.1) is 5.54 Å². The second-order valence-electron chi connectivity index (χ2n) is 5.78. The highest BCUT2D eigenvalue weighted by molar-refractivity contribution is 5.04. The number of aromatic nitrogens is 2. The van der Waals surface area contributed by atoms with Crippen LogP contribution < -0.4 is 5.73 Å². The Labute approximate surface area is 109 Å². The van der Waals surface area contributed by atoms with E-state index in [9.17, 15) is 0 Å². The van der Waals surface area contributed by atoms with Crippen molar-refractivity contribution in [3.8, 4) is 0 Å². The van der Waals surface area contributed by atoms with Crippen molar-refractivity contribution in [2.75, 3.05) is 0 Å². The Kier molecular flexibility index (Phi) is 4.05. The van der Waals surface area contributed by atoms with Crippen LogP contribution in [-0.4, -0.2) is 10.1 Å². The zero-order chi connectivity index (χ0) is 13.2. The first-order valence-corrected chi connectivity index (χ1v) is 7.22. The highest BCUT2D eigenvalue weighted by Crippen LogP contribution is 2.35. The van der Waals surface area contributed by atoms with Crippen molar-refractivity contribution in [2.45, 2.75) is 70.8 Å². The quantitative estimate of drug-likeness (QED) is 0.891. The number of nitrogens with zero attached hydrogens (tertiary/aromatic N) is 2. The minimum atomic E-state index is -0.451. The van der Waals surface area contributed by atoms with Crippen molar-refractivity contribution >= 4 is 0 Å². The molecule has 2 rings (SSSR count). The van der Waals surface area contributed by atoms with E-state index < -0.39 is 5.54 Å². The molecular weight excluding hydrogens is 226 g/mol. The molecule has 0 amide bonds. The second kappa shape index (κ2) is 5.39. The van der Waals surface area contributed by atoms with E-state index >= 15 is 0 Å². The van der Waals surface area contributed by atoms with Crippen molar-refractivity contribution in [2.24, 2.45) is 11.7 Å². The number of hydrogen-bond acceptors (Lipinski definition) is 4. The fraction of sp³-hybridized carbons (Fsp3) is 0.857. The maximum atomic E-state index is 6.29. The van der Waals surface area contributed by atoms with Gasteiger partial charge >= 0.3 is 0 Å². The van der Waals surface area contributed by atoms with Gasteiger partial charge in [-0.05, 0) is 31.6 Å². The zero-order valence-corrected chi connectivity index (χ0v) is 11.8. The summed E-state index contributed by atoms with van der Waals surface area (Å²) < 4.78 is 5.41. The van der Waals surface area contributed by atoms with Gasteiger partial charge in [0.1, 0.15) is 0 Å². The summed E-state index contributed by atoms with van der Waals surface area (Å²) in [5.74, 6) is 2.79. The molecule has 0 unspecified atom stereocenters. The molecular formula is C14H25N3O. The fourth-order valence-corrected chi connectivity index (χ4v) is 2.67. The van der Waals surface area contributed by atoms with E-state index in [0.29, 0.717) is 11.8 Å².